The SMILES string of the molecule is COc1ccc(Cl)cc1C(=O)N(CN1CCCC1=O)c1ccc(C(N)=O)cc1. The standard InChI is InChI=1S/C20H20ClN3O4/c1-28-17-9-6-14(21)11-16(17)20(27)24(12-23-10-2-3-18(23)25)15-7-4-13(5-8-15)19(22)26/h4-9,11H,2-3,10,12H2,1H3,(H2,22,26). The Morgan fingerprint density at radius 3 is 2.50 bits per heavy atom. The Balaban J connectivity index is 2.00. The van der Waals surface area contributed by atoms with Crippen LogP contribution in [0.2, 0.25) is 5.02 Å². The molecule has 146 valence electrons. The largest absolute Gasteiger partial charge is 0.496 e. The third-order valence-corrected chi connectivity index (χ3v) is 4.82. The maximum absolute atomic E-state index is 13.3. The second kappa shape index (κ2) is 8.31. The quantitative estimate of drug-likeness (QED) is 0.805. The van der Waals surface area contributed by atoms with Gasteiger partial charge in [-0.05, 0) is 48.9 Å². The first-order valence-corrected chi connectivity index (χ1v) is 9.11. The van der Waals surface area contributed by atoms with Gasteiger partial charge >= 0.3 is 0 Å². The van der Waals surface area contributed by atoms with E-state index in [2.05, 4.69) is 0 Å². The normalized spacial score (nSPS) is 13.5. The van der Waals surface area contributed by atoms with E-state index in [-0.39, 0.29) is 24.0 Å². The van der Waals surface area contributed by atoms with Crippen LogP contribution >= 0.6 is 11.6 Å². The van der Waals surface area contributed by atoms with Gasteiger partial charge in [0.05, 0.1) is 12.7 Å². The number of benzene rings is 2. The number of anilines is 1. The van der Waals surface area contributed by atoms with E-state index >= 15 is 0 Å². The van der Waals surface area contributed by atoms with Gasteiger partial charge in [-0.1, -0.05) is 11.6 Å². The van der Waals surface area contributed by atoms with Gasteiger partial charge in [-0.15, -0.1) is 0 Å². The Morgan fingerprint density at radius 2 is 1.93 bits per heavy atom. The third kappa shape index (κ3) is 4.09. The summed E-state index contributed by atoms with van der Waals surface area (Å²) in [5, 5.41) is 0.394. The molecule has 7 nitrogen and oxygen atoms in total. The summed E-state index contributed by atoms with van der Waals surface area (Å²) >= 11 is 6.08. The second-order valence-electron chi connectivity index (χ2n) is 6.39. The minimum Gasteiger partial charge on any atom is -0.496 e. The van der Waals surface area contributed by atoms with Crippen molar-refractivity contribution in [1.82, 2.24) is 4.90 Å². The molecular weight excluding hydrogens is 382 g/mol. The molecule has 0 aromatic heterocycles. The maximum atomic E-state index is 13.3. The predicted octanol–water partition coefficient (Wildman–Crippen LogP) is 2.67. The molecule has 0 spiro atoms. The highest BCUT2D eigenvalue weighted by atomic mass is 35.5. The van der Waals surface area contributed by atoms with Crippen molar-refractivity contribution in [3.8, 4) is 5.75 Å². The maximum Gasteiger partial charge on any atom is 0.263 e. The van der Waals surface area contributed by atoms with E-state index in [0.29, 0.717) is 35.0 Å². The van der Waals surface area contributed by atoms with E-state index in [0.717, 1.165) is 6.42 Å². The number of primary amides is 1. The number of likely N-dealkylation sites (tertiary alicyclic amines) is 1. The molecule has 2 N–H and O–H groups in total. The van der Waals surface area contributed by atoms with Crippen LogP contribution in [0.15, 0.2) is 42.5 Å². The molecule has 1 fully saturated rings. The van der Waals surface area contributed by atoms with Crippen molar-refractivity contribution < 1.29 is 19.1 Å². The average Bonchev–Trinajstić information content (AvgIpc) is 3.10. The van der Waals surface area contributed by atoms with Crippen molar-refractivity contribution >= 4 is 35.0 Å². The lowest BCUT2D eigenvalue weighted by atomic mass is 10.1. The Morgan fingerprint density at radius 1 is 1.21 bits per heavy atom. The summed E-state index contributed by atoms with van der Waals surface area (Å²) in [5.41, 5.74) is 6.42. The third-order valence-electron chi connectivity index (χ3n) is 4.58. The highest BCUT2D eigenvalue weighted by Crippen LogP contribution is 2.27. The van der Waals surface area contributed by atoms with Crippen molar-refractivity contribution in [1.29, 1.82) is 0 Å². The monoisotopic (exact) mass is 401 g/mol. The molecule has 0 saturated carbocycles. The molecule has 1 saturated heterocycles. The van der Waals surface area contributed by atoms with Gasteiger partial charge in [0, 0.05) is 29.2 Å². The van der Waals surface area contributed by atoms with E-state index in [1.165, 1.54) is 18.1 Å². The molecule has 0 bridgehead atoms. The van der Waals surface area contributed by atoms with E-state index in [1.807, 2.05) is 0 Å². The fourth-order valence-electron chi connectivity index (χ4n) is 3.09. The molecule has 0 atom stereocenters. The van der Waals surface area contributed by atoms with Crippen molar-refractivity contribution in [2.24, 2.45) is 5.73 Å². The fraction of sp³-hybridized carbons (Fsp3) is 0.250. The van der Waals surface area contributed by atoms with E-state index < -0.39 is 5.91 Å². The molecule has 0 unspecified atom stereocenters. The van der Waals surface area contributed by atoms with Gasteiger partial charge in [0.2, 0.25) is 11.8 Å². The molecule has 1 aliphatic rings. The first-order chi connectivity index (χ1) is 13.4. The van der Waals surface area contributed by atoms with Crippen molar-refractivity contribution in [2.45, 2.75) is 12.8 Å². The number of ether oxygens (including phenoxy) is 1. The van der Waals surface area contributed by atoms with E-state index in [9.17, 15) is 14.4 Å². The molecule has 3 amide bonds. The molecule has 0 aliphatic carbocycles. The van der Waals surface area contributed by atoms with Crippen LogP contribution in [0.1, 0.15) is 33.6 Å². The minimum atomic E-state index is -0.560. The predicted molar refractivity (Wildman–Crippen MR) is 106 cm³/mol. The van der Waals surface area contributed by atoms with Gasteiger partial charge in [0.15, 0.2) is 0 Å². The lowest BCUT2D eigenvalue weighted by molar-refractivity contribution is -0.127. The zero-order valence-electron chi connectivity index (χ0n) is 15.4. The molecule has 2 aromatic rings. The highest BCUT2D eigenvalue weighted by molar-refractivity contribution is 6.31. The summed E-state index contributed by atoms with van der Waals surface area (Å²) in [4.78, 5) is 39.9. The van der Waals surface area contributed by atoms with Crippen molar-refractivity contribution in [3.63, 3.8) is 0 Å². The lowest BCUT2D eigenvalue weighted by Gasteiger charge is -2.28. The van der Waals surface area contributed by atoms with Crippen LogP contribution in [-0.4, -0.2) is 42.9 Å². The summed E-state index contributed by atoms with van der Waals surface area (Å²) in [6.45, 7) is 0.665. The highest BCUT2D eigenvalue weighted by Gasteiger charge is 2.28. The number of hydrogen-bond donors (Lipinski definition) is 1. The Bertz CT molecular complexity index is 914. The van der Waals surface area contributed by atoms with Crippen LogP contribution in [0.4, 0.5) is 5.69 Å². The summed E-state index contributed by atoms with van der Waals surface area (Å²) in [6, 6.07) is 11.1. The molecular formula is C20H20ClN3O4. The molecule has 1 heterocycles. The number of rotatable bonds is 6. The number of nitrogens with two attached hydrogens (primary N) is 1. The van der Waals surface area contributed by atoms with Crippen LogP contribution in [0.25, 0.3) is 0 Å². The smallest absolute Gasteiger partial charge is 0.263 e. The molecule has 8 heteroatoms. The van der Waals surface area contributed by atoms with Crippen LogP contribution in [0, 0.1) is 0 Å². The number of nitrogens with zero attached hydrogens (tertiary/aromatic N) is 2. The van der Waals surface area contributed by atoms with Crippen LogP contribution in [0.5, 0.6) is 5.75 Å². The topological polar surface area (TPSA) is 92.9 Å². The number of halogens is 1. The molecule has 28 heavy (non-hydrogen) atoms. The van der Waals surface area contributed by atoms with Gasteiger partial charge in [0.25, 0.3) is 5.91 Å². The lowest BCUT2D eigenvalue weighted by Crippen LogP contribution is -2.42. The van der Waals surface area contributed by atoms with Gasteiger partial charge in [0.1, 0.15) is 12.4 Å². The number of hydrogen-bond acceptors (Lipinski definition) is 4. The molecule has 0 radical (unpaired) electrons. The number of carbonyl (C=O) groups excluding carboxylic acids is 3. The van der Waals surface area contributed by atoms with Gasteiger partial charge in [-0.3, -0.25) is 19.3 Å². The Labute approximate surface area is 167 Å². The average molecular weight is 402 g/mol. The summed E-state index contributed by atoms with van der Waals surface area (Å²) in [7, 11) is 1.47. The minimum absolute atomic E-state index is 0.00962. The van der Waals surface area contributed by atoms with Gasteiger partial charge in [-0.25, -0.2) is 0 Å². The van der Waals surface area contributed by atoms with Crippen LogP contribution in [-0.2, 0) is 4.79 Å². The van der Waals surface area contributed by atoms with Gasteiger partial charge < -0.3 is 15.4 Å². The summed E-state index contributed by atoms with van der Waals surface area (Å²) in [5.74, 6) is -0.563. The number of methoxy groups -OCH3 is 1. The van der Waals surface area contributed by atoms with Crippen molar-refractivity contribution in [3.05, 3.63) is 58.6 Å². The number of amides is 3. The second-order valence-corrected chi connectivity index (χ2v) is 6.83. The Hall–Kier alpha value is -3.06. The van der Waals surface area contributed by atoms with E-state index in [1.54, 1.807) is 41.3 Å². The molecule has 1 aliphatic heterocycles. The first-order valence-electron chi connectivity index (χ1n) is 8.73. The first kappa shape index (κ1) is 19.7. The zero-order valence-corrected chi connectivity index (χ0v) is 16.1. The van der Waals surface area contributed by atoms with Crippen LogP contribution in [0.3, 0.4) is 0 Å². The van der Waals surface area contributed by atoms with E-state index in [4.69, 9.17) is 22.1 Å². The van der Waals surface area contributed by atoms with Gasteiger partial charge in [-0.2, -0.15) is 0 Å². The Kier molecular flexibility index (Phi) is 5.84. The van der Waals surface area contributed by atoms with Crippen molar-refractivity contribution in [2.75, 3.05) is 25.2 Å². The van der Waals surface area contributed by atoms with Crippen LogP contribution < -0.4 is 15.4 Å². The zero-order chi connectivity index (χ0) is 20.3. The molecule has 2 aromatic carbocycles. The fourth-order valence-corrected chi connectivity index (χ4v) is 3.26. The molecule has 3 rings (SSSR count). The summed E-state index contributed by atoms with van der Waals surface area (Å²) in [6.07, 6.45) is 1.21. The number of carbonyl (C=O) groups is 3. The summed E-state index contributed by atoms with van der Waals surface area (Å²) < 4.78 is 5.30.